The van der Waals surface area contributed by atoms with Crippen molar-refractivity contribution in [2.24, 2.45) is 0 Å². The van der Waals surface area contributed by atoms with Gasteiger partial charge in [-0.25, -0.2) is 0 Å². The second-order valence-corrected chi connectivity index (χ2v) is 5.08. The Morgan fingerprint density at radius 2 is 1.83 bits per heavy atom. The molecular weight excluding hydrogens is 302 g/mol. The average Bonchev–Trinajstić information content (AvgIpc) is 2.54. The van der Waals surface area contributed by atoms with Gasteiger partial charge >= 0.3 is 5.69 Å². The molecule has 0 saturated carbocycles. The lowest BCUT2D eigenvalue weighted by Gasteiger charge is -2.30. The number of non-ortho nitro benzene ring substituents is 1. The zero-order valence-corrected chi connectivity index (χ0v) is 12.0. The van der Waals surface area contributed by atoms with E-state index in [1.54, 1.807) is 0 Å². The molecule has 0 spiro atoms. The minimum absolute atomic E-state index is 0.174. The Kier molecular flexibility index (Phi) is 3.80. The van der Waals surface area contributed by atoms with Crippen molar-refractivity contribution in [2.75, 3.05) is 18.1 Å². The third kappa shape index (κ3) is 2.91. The van der Waals surface area contributed by atoms with Crippen LogP contribution in [0.15, 0.2) is 42.5 Å². The maximum Gasteiger partial charge on any atom is 0.303 e. The molecule has 0 atom stereocenters. The lowest BCUT2D eigenvalue weighted by atomic mass is 10.1. The van der Waals surface area contributed by atoms with Crippen LogP contribution in [0.5, 0.6) is 5.75 Å². The summed E-state index contributed by atoms with van der Waals surface area (Å²) in [7, 11) is 0. The minimum Gasteiger partial charge on any atom is -0.489 e. The van der Waals surface area contributed by atoms with Crippen LogP contribution in [-0.4, -0.2) is 23.0 Å². The molecule has 23 heavy (non-hydrogen) atoms. The topological polar surface area (TPSA) is 98.8 Å². The van der Waals surface area contributed by atoms with Crippen molar-refractivity contribution in [1.82, 2.24) is 0 Å². The first-order valence-corrected chi connectivity index (χ1v) is 6.95. The number of hydrogen-bond donors (Lipinski definition) is 0. The van der Waals surface area contributed by atoms with Gasteiger partial charge in [-0.3, -0.25) is 20.2 Å². The summed E-state index contributed by atoms with van der Waals surface area (Å²) in [6, 6.07) is 11.7. The summed E-state index contributed by atoms with van der Waals surface area (Å²) in [6.07, 6.45) is 0. The van der Waals surface area contributed by atoms with E-state index in [1.807, 2.05) is 35.2 Å². The number of nitro benzene ring substituents is 2. The highest BCUT2D eigenvalue weighted by Gasteiger charge is 2.31. The maximum atomic E-state index is 11.3. The van der Waals surface area contributed by atoms with Gasteiger partial charge in [0.25, 0.3) is 5.69 Å². The fourth-order valence-corrected chi connectivity index (χ4v) is 2.59. The van der Waals surface area contributed by atoms with Crippen molar-refractivity contribution >= 4 is 17.1 Å². The summed E-state index contributed by atoms with van der Waals surface area (Å²) in [5.41, 5.74) is 0.616. The van der Waals surface area contributed by atoms with Gasteiger partial charge in [-0.2, -0.15) is 0 Å². The van der Waals surface area contributed by atoms with E-state index >= 15 is 0 Å². The Labute approximate surface area is 131 Å². The molecule has 1 aliphatic rings. The van der Waals surface area contributed by atoms with Gasteiger partial charge in [0.05, 0.1) is 28.5 Å². The quantitative estimate of drug-likeness (QED) is 0.635. The third-order valence-electron chi connectivity index (χ3n) is 3.60. The van der Waals surface area contributed by atoms with E-state index in [2.05, 4.69) is 0 Å². The zero-order valence-electron chi connectivity index (χ0n) is 12.0. The molecule has 0 aliphatic carbocycles. The fourth-order valence-electron chi connectivity index (χ4n) is 2.59. The Morgan fingerprint density at radius 1 is 1.09 bits per heavy atom. The molecule has 0 fully saturated rings. The van der Waals surface area contributed by atoms with Gasteiger partial charge in [-0.15, -0.1) is 0 Å². The molecule has 3 rings (SSSR count). The van der Waals surface area contributed by atoms with E-state index in [0.717, 1.165) is 11.6 Å². The summed E-state index contributed by atoms with van der Waals surface area (Å²) in [5, 5.41) is 22.3. The molecular formula is C15H13N3O5. The lowest BCUT2D eigenvalue weighted by molar-refractivity contribution is -0.393. The van der Waals surface area contributed by atoms with Gasteiger partial charge in [0.15, 0.2) is 11.4 Å². The molecule has 118 valence electrons. The molecule has 2 aromatic rings. The van der Waals surface area contributed by atoms with Gasteiger partial charge in [0, 0.05) is 6.54 Å². The van der Waals surface area contributed by atoms with Crippen LogP contribution in [-0.2, 0) is 6.54 Å². The van der Waals surface area contributed by atoms with Crippen LogP contribution < -0.4 is 9.64 Å². The van der Waals surface area contributed by atoms with E-state index in [4.69, 9.17) is 4.74 Å². The van der Waals surface area contributed by atoms with Gasteiger partial charge in [-0.1, -0.05) is 30.3 Å². The molecule has 1 aliphatic heterocycles. The van der Waals surface area contributed by atoms with Crippen LogP contribution in [0.25, 0.3) is 0 Å². The first-order chi connectivity index (χ1) is 11.1. The highest BCUT2D eigenvalue weighted by Crippen LogP contribution is 2.43. The summed E-state index contributed by atoms with van der Waals surface area (Å²) >= 11 is 0. The molecule has 0 aromatic heterocycles. The van der Waals surface area contributed by atoms with Crippen LogP contribution >= 0.6 is 0 Å². The monoisotopic (exact) mass is 315 g/mol. The molecule has 8 nitrogen and oxygen atoms in total. The van der Waals surface area contributed by atoms with Crippen molar-refractivity contribution in [3.8, 4) is 5.75 Å². The summed E-state index contributed by atoms with van der Waals surface area (Å²) in [5.74, 6) is 0.174. The van der Waals surface area contributed by atoms with E-state index < -0.39 is 9.85 Å². The number of ether oxygens (including phenoxy) is 1. The van der Waals surface area contributed by atoms with Crippen molar-refractivity contribution in [1.29, 1.82) is 0 Å². The standard InChI is InChI=1S/C15H13N3O5/c19-17(20)12-8-13(18(21)22)15-14(9-12)23-7-6-16(15)10-11-4-2-1-3-5-11/h1-5,8-9H,6-7,10H2. The van der Waals surface area contributed by atoms with Gasteiger partial charge < -0.3 is 9.64 Å². The Balaban J connectivity index is 2.06. The van der Waals surface area contributed by atoms with Crippen LogP contribution in [0.4, 0.5) is 17.1 Å². The number of benzene rings is 2. The van der Waals surface area contributed by atoms with Crippen LogP contribution in [0.3, 0.4) is 0 Å². The fraction of sp³-hybridized carbons (Fsp3) is 0.200. The van der Waals surface area contributed by atoms with Crippen molar-refractivity contribution in [3.05, 3.63) is 68.3 Å². The average molecular weight is 315 g/mol. The second-order valence-electron chi connectivity index (χ2n) is 5.08. The molecule has 0 saturated heterocycles. The van der Waals surface area contributed by atoms with E-state index in [-0.39, 0.29) is 22.8 Å². The molecule has 0 bridgehead atoms. The van der Waals surface area contributed by atoms with E-state index in [1.165, 1.54) is 6.07 Å². The van der Waals surface area contributed by atoms with Crippen LogP contribution in [0.2, 0.25) is 0 Å². The van der Waals surface area contributed by atoms with Crippen molar-refractivity contribution < 1.29 is 14.6 Å². The summed E-state index contributed by atoms with van der Waals surface area (Å²) in [4.78, 5) is 22.8. The van der Waals surface area contributed by atoms with Crippen LogP contribution in [0.1, 0.15) is 5.56 Å². The number of fused-ring (bicyclic) bond motifs is 1. The Hall–Kier alpha value is -3.16. The van der Waals surface area contributed by atoms with Crippen molar-refractivity contribution in [3.63, 3.8) is 0 Å². The largest absolute Gasteiger partial charge is 0.489 e. The first kappa shape index (κ1) is 14.8. The van der Waals surface area contributed by atoms with E-state index in [0.29, 0.717) is 19.7 Å². The molecule has 8 heteroatoms. The number of hydrogen-bond acceptors (Lipinski definition) is 6. The van der Waals surface area contributed by atoms with Gasteiger partial charge in [-0.05, 0) is 5.56 Å². The predicted molar refractivity (Wildman–Crippen MR) is 82.7 cm³/mol. The maximum absolute atomic E-state index is 11.3. The van der Waals surface area contributed by atoms with Crippen molar-refractivity contribution in [2.45, 2.75) is 6.54 Å². The van der Waals surface area contributed by atoms with Gasteiger partial charge in [0.1, 0.15) is 6.61 Å². The summed E-state index contributed by atoms with van der Waals surface area (Å²) in [6.45, 7) is 1.26. The molecule has 0 radical (unpaired) electrons. The molecule has 1 heterocycles. The molecule has 0 unspecified atom stereocenters. The predicted octanol–water partition coefficient (Wildman–Crippen LogP) is 2.90. The number of nitrogens with zero attached hydrogens (tertiary/aromatic N) is 3. The third-order valence-corrected chi connectivity index (χ3v) is 3.60. The lowest BCUT2D eigenvalue weighted by Crippen LogP contribution is -2.32. The first-order valence-electron chi connectivity index (χ1n) is 6.95. The smallest absolute Gasteiger partial charge is 0.303 e. The Morgan fingerprint density at radius 3 is 2.48 bits per heavy atom. The summed E-state index contributed by atoms with van der Waals surface area (Å²) < 4.78 is 5.42. The SMILES string of the molecule is O=[N+]([O-])c1cc2c(c([N+](=O)[O-])c1)N(Cc1ccccc1)CCO2. The highest BCUT2D eigenvalue weighted by molar-refractivity contribution is 5.75. The molecule has 2 aromatic carbocycles. The molecule has 0 amide bonds. The minimum atomic E-state index is -0.660. The number of rotatable bonds is 4. The Bertz CT molecular complexity index is 763. The molecule has 0 N–H and O–H groups in total. The normalized spacial score (nSPS) is 13.1. The number of anilines is 1. The zero-order chi connectivity index (χ0) is 16.4. The number of nitro groups is 2. The van der Waals surface area contributed by atoms with E-state index in [9.17, 15) is 20.2 Å². The van der Waals surface area contributed by atoms with Gasteiger partial charge in [0.2, 0.25) is 0 Å². The van der Waals surface area contributed by atoms with Crippen LogP contribution in [0, 0.1) is 20.2 Å². The highest BCUT2D eigenvalue weighted by atomic mass is 16.6. The second kappa shape index (κ2) is 5.91.